The second kappa shape index (κ2) is 6.21. The number of carboxylic acid groups (broad SMARTS) is 1. The number of carbonyl (C=O) groups excluding carboxylic acids is 1. The standard InChI is InChI=1S/C13H13ClO3/c1-9-4-10(2-3-13(16)17)6-11(5-9)7-12(15)8-14/h2-6H,7-8H2,1H3,(H,16,17)/b3-2+. The van der Waals surface area contributed by atoms with E-state index in [1.807, 2.05) is 19.1 Å². The van der Waals surface area contributed by atoms with Crippen molar-refractivity contribution in [3.63, 3.8) is 0 Å². The molecule has 0 saturated heterocycles. The molecule has 0 fully saturated rings. The van der Waals surface area contributed by atoms with E-state index in [0.717, 1.165) is 22.8 Å². The zero-order valence-electron chi connectivity index (χ0n) is 9.44. The third-order valence-electron chi connectivity index (χ3n) is 2.13. The number of carboxylic acids is 1. The zero-order valence-corrected chi connectivity index (χ0v) is 10.2. The maximum Gasteiger partial charge on any atom is 0.328 e. The third kappa shape index (κ3) is 4.83. The van der Waals surface area contributed by atoms with Crippen LogP contribution in [0, 0.1) is 6.92 Å². The monoisotopic (exact) mass is 252 g/mol. The van der Waals surface area contributed by atoms with Crippen molar-refractivity contribution in [3.05, 3.63) is 41.0 Å². The number of aliphatic carboxylic acids is 1. The number of aryl methyl sites for hydroxylation is 1. The first-order chi connectivity index (χ1) is 8.01. The first-order valence-electron chi connectivity index (χ1n) is 5.10. The Hall–Kier alpha value is -1.61. The molecule has 4 heteroatoms. The van der Waals surface area contributed by atoms with E-state index in [0.29, 0.717) is 0 Å². The molecule has 1 rings (SSSR count). The summed E-state index contributed by atoms with van der Waals surface area (Å²) in [7, 11) is 0. The van der Waals surface area contributed by atoms with Gasteiger partial charge in [-0.1, -0.05) is 23.8 Å². The molecule has 1 aromatic carbocycles. The van der Waals surface area contributed by atoms with Crippen molar-refractivity contribution >= 4 is 29.4 Å². The van der Waals surface area contributed by atoms with E-state index in [4.69, 9.17) is 16.7 Å². The lowest BCUT2D eigenvalue weighted by molar-refractivity contribution is -0.131. The predicted molar refractivity (Wildman–Crippen MR) is 67.3 cm³/mol. The SMILES string of the molecule is Cc1cc(/C=C/C(=O)O)cc(CC(=O)CCl)c1. The normalized spacial score (nSPS) is 10.7. The largest absolute Gasteiger partial charge is 0.478 e. The Bertz CT molecular complexity index is 464. The summed E-state index contributed by atoms with van der Waals surface area (Å²) in [6, 6.07) is 5.54. The number of carbonyl (C=O) groups is 2. The molecule has 17 heavy (non-hydrogen) atoms. The molecule has 0 spiro atoms. The van der Waals surface area contributed by atoms with Crippen LogP contribution in [0.4, 0.5) is 0 Å². The molecule has 0 bridgehead atoms. The number of halogens is 1. The molecule has 0 unspecified atom stereocenters. The van der Waals surface area contributed by atoms with Gasteiger partial charge in [0.25, 0.3) is 0 Å². The van der Waals surface area contributed by atoms with Gasteiger partial charge in [0.15, 0.2) is 5.78 Å². The molecule has 0 aliphatic rings. The van der Waals surface area contributed by atoms with Gasteiger partial charge in [-0.25, -0.2) is 4.79 Å². The first-order valence-corrected chi connectivity index (χ1v) is 5.64. The van der Waals surface area contributed by atoms with Crippen LogP contribution in [-0.4, -0.2) is 22.7 Å². The van der Waals surface area contributed by atoms with Crippen LogP contribution in [0.15, 0.2) is 24.3 Å². The molecule has 0 aliphatic carbocycles. The quantitative estimate of drug-likeness (QED) is 0.647. The van der Waals surface area contributed by atoms with E-state index in [9.17, 15) is 9.59 Å². The van der Waals surface area contributed by atoms with Gasteiger partial charge < -0.3 is 5.11 Å². The Morgan fingerprint density at radius 2 is 2.06 bits per heavy atom. The van der Waals surface area contributed by atoms with Crippen LogP contribution >= 0.6 is 11.6 Å². The number of alkyl halides is 1. The van der Waals surface area contributed by atoms with E-state index < -0.39 is 5.97 Å². The van der Waals surface area contributed by atoms with Crippen LogP contribution in [0.25, 0.3) is 6.08 Å². The minimum Gasteiger partial charge on any atom is -0.478 e. The van der Waals surface area contributed by atoms with Crippen LogP contribution in [0.3, 0.4) is 0 Å². The molecule has 1 aromatic rings. The molecular weight excluding hydrogens is 240 g/mol. The van der Waals surface area contributed by atoms with Crippen molar-refractivity contribution in [2.45, 2.75) is 13.3 Å². The Morgan fingerprint density at radius 1 is 1.35 bits per heavy atom. The van der Waals surface area contributed by atoms with Gasteiger partial charge in [-0.15, -0.1) is 11.6 Å². The van der Waals surface area contributed by atoms with Crippen LogP contribution in [-0.2, 0) is 16.0 Å². The third-order valence-corrected chi connectivity index (χ3v) is 2.43. The smallest absolute Gasteiger partial charge is 0.328 e. The number of rotatable bonds is 5. The Balaban J connectivity index is 2.94. The predicted octanol–water partition coefficient (Wildman–Crippen LogP) is 2.44. The van der Waals surface area contributed by atoms with Crippen molar-refractivity contribution < 1.29 is 14.7 Å². The van der Waals surface area contributed by atoms with Gasteiger partial charge in [0.2, 0.25) is 0 Å². The van der Waals surface area contributed by atoms with Crippen molar-refractivity contribution in [1.29, 1.82) is 0 Å². The average Bonchev–Trinajstić information content (AvgIpc) is 2.25. The van der Waals surface area contributed by atoms with Crippen LogP contribution in [0.1, 0.15) is 16.7 Å². The minimum atomic E-state index is -0.995. The highest BCUT2D eigenvalue weighted by Crippen LogP contribution is 2.12. The van der Waals surface area contributed by atoms with Gasteiger partial charge in [-0.3, -0.25) is 4.79 Å². The highest BCUT2D eigenvalue weighted by atomic mass is 35.5. The van der Waals surface area contributed by atoms with Crippen molar-refractivity contribution in [2.75, 3.05) is 5.88 Å². The molecule has 3 nitrogen and oxygen atoms in total. The molecule has 0 amide bonds. The van der Waals surface area contributed by atoms with E-state index in [2.05, 4.69) is 0 Å². The van der Waals surface area contributed by atoms with Gasteiger partial charge >= 0.3 is 5.97 Å². The molecular formula is C13H13ClO3. The Labute approximate surface area is 105 Å². The molecule has 1 N–H and O–H groups in total. The van der Waals surface area contributed by atoms with Crippen molar-refractivity contribution in [2.24, 2.45) is 0 Å². The maximum absolute atomic E-state index is 11.2. The lowest BCUT2D eigenvalue weighted by Crippen LogP contribution is -2.04. The minimum absolute atomic E-state index is 0.00571. The summed E-state index contributed by atoms with van der Waals surface area (Å²) in [6.07, 6.45) is 2.85. The van der Waals surface area contributed by atoms with E-state index >= 15 is 0 Å². The maximum atomic E-state index is 11.2. The summed E-state index contributed by atoms with van der Waals surface area (Å²) in [6.45, 7) is 1.90. The number of ketones is 1. The van der Waals surface area contributed by atoms with E-state index in [-0.39, 0.29) is 18.1 Å². The Morgan fingerprint density at radius 3 is 2.65 bits per heavy atom. The summed E-state index contributed by atoms with van der Waals surface area (Å²) < 4.78 is 0. The van der Waals surface area contributed by atoms with Gasteiger partial charge in [0.05, 0.1) is 5.88 Å². The van der Waals surface area contributed by atoms with Crippen molar-refractivity contribution in [3.8, 4) is 0 Å². The second-order valence-electron chi connectivity index (χ2n) is 3.77. The second-order valence-corrected chi connectivity index (χ2v) is 4.04. The zero-order chi connectivity index (χ0) is 12.8. The van der Waals surface area contributed by atoms with E-state index in [1.54, 1.807) is 6.07 Å². The number of benzene rings is 1. The Kier molecular flexibility index (Phi) is 4.91. The van der Waals surface area contributed by atoms with Crippen LogP contribution < -0.4 is 0 Å². The molecule has 90 valence electrons. The fraction of sp³-hybridized carbons (Fsp3) is 0.231. The molecule has 0 atom stereocenters. The summed E-state index contributed by atoms with van der Waals surface area (Å²) in [5.41, 5.74) is 2.60. The number of hydrogen-bond donors (Lipinski definition) is 1. The number of Topliss-reactive ketones (excluding diaryl/α,β-unsaturated/α-hetero) is 1. The lowest BCUT2D eigenvalue weighted by Gasteiger charge is -2.03. The average molecular weight is 253 g/mol. The lowest BCUT2D eigenvalue weighted by atomic mass is 10.0. The van der Waals surface area contributed by atoms with Crippen LogP contribution in [0.2, 0.25) is 0 Å². The van der Waals surface area contributed by atoms with E-state index in [1.165, 1.54) is 6.08 Å². The summed E-state index contributed by atoms with van der Waals surface area (Å²) in [4.78, 5) is 21.6. The van der Waals surface area contributed by atoms with Gasteiger partial charge in [-0.05, 0) is 24.1 Å². The van der Waals surface area contributed by atoms with Crippen LogP contribution in [0.5, 0.6) is 0 Å². The summed E-state index contributed by atoms with van der Waals surface area (Å²) >= 11 is 5.44. The van der Waals surface area contributed by atoms with Gasteiger partial charge in [0, 0.05) is 12.5 Å². The topological polar surface area (TPSA) is 54.4 Å². The molecule has 0 saturated carbocycles. The molecule has 0 aliphatic heterocycles. The first kappa shape index (κ1) is 13.5. The number of hydrogen-bond acceptors (Lipinski definition) is 2. The molecule has 0 aromatic heterocycles. The summed E-state index contributed by atoms with van der Waals surface area (Å²) in [5.74, 6) is -1.05. The molecule has 0 heterocycles. The fourth-order valence-electron chi connectivity index (χ4n) is 1.54. The van der Waals surface area contributed by atoms with Gasteiger partial charge in [-0.2, -0.15) is 0 Å². The highest BCUT2D eigenvalue weighted by Gasteiger charge is 2.03. The van der Waals surface area contributed by atoms with Gasteiger partial charge in [0.1, 0.15) is 0 Å². The fourth-order valence-corrected chi connectivity index (χ4v) is 1.63. The highest BCUT2D eigenvalue weighted by molar-refractivity contribution is 6.27. The van der Waals surface area contributed by atoms with Crippen molar-refractivity contribution in [1.82, 2.24) is 0 Å². The molecule has 0 radical (unpaired) electrons. The summed E-state index contributed by atoms with van der Waals surface area (Å²) in [5, 5.41) is 8.54.